The number of rotatable bonds is 4. The number of amides is 1. The molecule has 2 heterocycles. The summed E-state index contributed by atoms with van der Waals surface area (Å²) >= 11 is 0. The summed E-state index contributed by atoms with van der Waals surface area (Å²) < 4.78 is 2.08. The van der Waals surface area contributed by atoms with Crippen molar-refractivity contribution in [2.24, 2.45) is 18.9 Å². The third-order valence-corrected chi connectivity index (χ3v) is 5.11. The maximum absolute atomic E-state index is 12.4. The van der Waals surface area contributed by atoms with Crippen molar-refractivity contribution < 1.29 is 4.79 Å². The van der Waals surface area contributed by atoms with E-state index in [-0.39, 0.29) is 36.6 Å². The van der Waals surface area contributed by atoms with Gasteiger partial charge in [-0.3, -0.25) is 4.79 Å². The van der Waals surface area contributed by atoms with Crippen LogP contribution in [-0.2, 0) is 11.8 Å². The molecule has 2 N–H and O–H groups in total. The molecule has 5 nitrogen and oxygen atoms in total. The van der Waals surface area contributed by atoms with Gasteiger partial charge in [-0.15, -0.1) is 24.8 Å². The number of nitrogens with zero attached hydrogens (tertiary/aromatic N) is 2. The van der Waals surface area contributed by atoms with Crippen molar-refractivity contribution in [1.29, 1.82) is 0 Å². The third-order valence-electron chi connectivity index (χ3n) is 5.11. The van der Waals surface area contributed by atoms with Crippen LogP contribution in [0.3, 0.4) is 0 Å². The topological polar surface area (TPSA) is 59.0 Å². The van der Waals surface area contributed by atoms with E-state index in [1.54, 1.807) is 0 Å². The Labute approximate surface area is 171 Å². The molecular weight excluding hydrogens is 383 g/mol. The number of halogens is 2. The monoisotopic (exact) mass is 406 g/mol. The number of benzene rings is 2. The number of aryl methyl sites for hydroxylation is 1. The Hall–Kier alpha value is -2.08. The lowest BCUT2D eigenvalue weighted by atomic mass is 9.88. The number of nitrogens with one attached hydrogen (secondary N) is 2. The van der Waals surface area contributed by atoms with Crippen molar-refractivity contribution in [1.82, 2.24) is 14.9 Å². The zero-order chi connectivity index (χ0) is 17.4. The quantitative estimate of drug-likeness (QED) is 0.690. The SMILES string of the molecule is CC(C(=O)Nc1cccc(-c2nc3ccccc3n2C)c1)C1CNC1.Cl.Cl. The standard InChI is InChI=1S/C20H22N4O.2ClH/c1-13(15-11-21-12-15)20(25)22-16-7-5-6-14(10-16)19-23-17-8-3-4-9-18(17)24(19)2;;/h3-10,13,15,21H,11-12H2,1-2H3,(H,22,25);2*1H. The Morgan fingerprint density at radius 3 is 2.59 bits per heavy atom. The molecule has 1 unspecified atom stereocenters. The first kappa shape index (κ1) is 21.2. The summed E-state index contributed by atoms with van der Waals surface area (Å²) in [7, 11) is 2.02. The predicted octanol–water partition coefficient (Wildman–Crippen LogP) is 3.88. The Bertz CT molecular complexity index is 937. The van der Waals surface area contributed by atoms with Crippen LogP contribution in [0.4, 0.5) is 5.69 Å². The highest BCUT2D eigenvalue weighted by Gasteiger charge is 2.28. The minimum atomic E-state index is 0. The molecule has 1 aliphatic heterocycles. The molecule has 3 aromatic rings. The van der Waals surface area contributed by atoms with Crippen LogP contribution in [0.2, 0.25) is 0 Å². The van der Waals surface area contributed by atoms with Crippen LogP contribution in [0.1, 0.15) is 6.92 Å². The number of hydrogen-bond donors (Lipinski definition) is 2. The van der Waals surface area contributed by atoms with Gasteiger partial charge in [-0.1, -0.05) is 31.2 Å². The first-order valence-electron chi connectivity index (χ1n) is 8.67. The predicted molar refractivity (Wildman–Crippen MR) is 115 cm³/mol. The van der Waals surface area contributed by atoms with Crippen LogP contribution in [0.25, 0.3) is 22.4 Å². The van der Waals surface area contributed by atoms with Crippen LogP contribution >= 0.6 is 24.8 Å². The lowest BCUT2D eigenvalue weighted by Crippen LogP contribution is -2.48. The number of aromatic nitrogens is 2. The number of fused-ring (bicyclic) bond motifs is 1. The fourth-order valence-corrected chi connectivity index (χ4v) is 3.27. The molecule has 144 valence electrons. The van der Waals surface area contributed by atoms with Crippen molar-refractivity contribution in [3.63, 3.8) is 0 Å². The molecule has 1 atom stereocenters. The van der Waals surface area contributed by atoms with Crippen LogP contribution in [0.15, 0.2) is 48.5 Å². The summed E-state index contributed by atoms with van der Waals surface area (Å²) in [6, 6.07) is 16.0. The molecule has 4 rings (SSSR count). The van der Waals surface area contributed by atoms with E-state index < -0.39 is 0 Å². The first-order chi connectivity index (χ1) is 12.1. The molecule has 1 aliphatic rings. The van der Waals surface area contributed by atoms with Crippen LogP contribution in [0, 0.1) is 11.8 Å². The number of hydrogen-bond acceptors (Lipinski definition) is 3. The van der Waals surface area contributed by atoms with Gasteiger partial charge < -0.3 is 15.2 Å². The Balaban J connectivity index is 0.00000131. The summed E-state index contributed by atoms with van der Waals surface area (Å²) in [5.41, 5.74) is 3.88. The Morgan fingerprint density at radius 1 is 1.19 bits per heavy atom. The average Bonchev–Trinajstić information content (AvgIpc) is 2.91. The van der Waals surface area contributed by atoms with E-state index in [9.17, 15) is 4.79 Å². The molecule has 1 amide bonds. The molecule has 0 bridgehead atoms. The van der Waals surface area contributed by atoms with Crippen molar-refractivity contribution in [3.05, 3.63) is 48.5 Å². The lowest BCUT2D eigenvalue weighted by molar-refractivity contribution is -0.121. The van der Waals surface area contributed by atoms with E-state index in [4.69, 9.17) is 4.98 Å². The van der Waals surface area contributed by atoms with Gasteiger partial charge in [0, 0.05) is 24.2 Å². The van der Waals surface area contributed by atoms with Gasteiger partial charge in [0.05, 0.1) is 11.0 Å². The third kappa shape index (κ3) is 4.10. The van der Waals surface area contributed by atoms with Gasteiger partial charge in [0.15, 0.2) is 0 Å². The van der Waals surface area contributed by atoms with Gasteiger partial charge >= 0.3 is 0 Å². The van der Waals surface area contributed by atoms with Crippen molar-refractivity contribution in [3.8, 4) is 11.4 Å². The molecule has 0 saturated carbocycles. The molecule has 1 aromatic heterocycles. The molecule has 0 radical (unpaired) electrons. The second-order valence-corrected chi connectivity index (χ2v) is 6.76. The molecular formula is C20H24Cl2N4O. The van der Waals surface area contributed by atoms with Gasteiger partial charge in [-0.25, -0.2) is 4.98 Å². The largest absolute Gasteiger partial charge is 0.327 e. The second kappa shape index (κ2) is 8.74. The maximum atomic E-state index is 12.4. The summed E-state index contributed by atoms with van der Waals surface area (Å²) in [5, 5.41) is 6.27. The molecule has 0 aliphatic carbocycles. The number of carbonyl (C=O) groups excluding carboxylic acids is 1. The zero-order valence-corrected chi connectivity index (χ0v) is 16.9. The number of imidazole rings is 1. The van der Waals surface area contributed by atoms with Crippen LogP contribution in [0.5, 0.6) is 0 Å². The number of para-hydroxylation sites is 2. The summed E-state index contributed by atoms with van der Waals surface area (Å²) in [5.74, 6) is 1.42. The molecule has 1 fully saturated rings. The van der Waals surface area contributed by atoms with Gasteiger partial charge in [0.2, 0.25) is 5.91 Å². The smallest absolute Gasteiger partial charge is 0.227 e. The highest BCUT2D eigenvalue weighted by Crippen LogP contribution is 2.26. The van der Waals surface area contributed by atoms with Gasteiger partial charge in [-0.05, 0) is 43.3 Å². The average molecular weight is 407 g/mol. The highest BCUT2D eigenvalue weighted by atomic mass is 35.5. The van der Waals surface area contributed by atoms with Crippen LogP contribution in [-0.4, -0.2) is 28.5 Å². The van der Waals surface area contributed by atoms with Crippen molar-refractivity contribution in [2.45, 2.75) is 6.92 Å². The van der Waals surface area contributed by atoms with E-state index in [1.165, 1.54) is 0 Å². The maximum Gasteiger partial charge on any atom is 0.227 e. The Kier molecular flexibility index (Phi) is 6.87. The summed E-state index contributed by atoms with van der Waals surface area (Å²) in [6.45, 7) is 3.85. The van der Waals surface area contributed by atoms with Gasteiger partial charge in [0.25, 0.3) is 0 Å². The first-order valence-corrected chi connectivity index (χ1v) is 8.67. The lowest BCUT2D eigenvalue weighted by Gasteiger charge is -2.31. The van der Waals surface area contributed by atoms with E-state index >= 15 is 0 Å². The van der Waals surface area contributed by atoms with Gasteiger partial charge in [0.1, 0.15) is 5.82 Å². The van der Waals surface area contributed by atoms with Crippen molar-refractivity contribution >= 4 is 47.4 Å². The van der Waals surface area contributed by atoms with Crippen molar-refractivity contribution in [2.75, 3.05) is 18.4 Å². The molecule has 0 spiro atoms. The van der Waals surface area contributed by atoms with E-state index in [2.05, 4.69) is 21.3 Å². The minimum absolute atomic E-state index is 0. The Morgan fingerprint density at radius 2 is 1.93 bits per heavy atom. The highest BCUT2D eigenvalue weighted by molar-refractivity contribution is 5.93. The van der Waals surface area contributed by atoms with E-state index in [0.717, 1.165) is 41.2 Å². The molecule has 7 heteroatoms. The van der Waals surface area contributed by atoms with Crippen LogP contribution < -0.4 is 10.6 Å². The zero-order valence-electron chi connectivity index (χ0n) is 15.3. The summed E-state index contributed by atoms with van der Waals surface area (Å²) in [4.78, 5) is 17.2. The van der Waals surface area contributed by atoms with E-state index in [1.807, 2.05) is 56.4 Å². The molecule has 2 aromatic carbocycles. The number of carbonyl (C=O) groups is 1. The summed E-state index contributed by atoms with van der Waals surface area (Å²) in [6.07, 6.45) is 0. The van der Waals surface area contributed by atoms with Gasteiger partial charge in [-0.2, -0.15) is 0 Å². The minimum Gasteiger partial charge on any atom is -0.327 e. The fraction of sp³-hybridized carbons (Fsp3) is 0.300. The normalized spacial score (nSPS) is 14.6. The molecule has 1 saturated heterocycles. The fourth-order valence-electron chi connectivity index (χ4n) is 3.27. The number of anilines is 1. The van der Waals surface area contributed by atoms with E-state index in [0.29, 0.717) is 5.92 Å². The second-order valence-electron chi connectivity index (χ2n) is 6.76. The molecule has 27 heavy (non-hydrogen) atoms.